The molecule has 3 rings (SSSR count). The van der Waals surface area contributed by atoms with Gasteiger partial charge in [-0.1, -0.05) is 57.8 Å². The van der Waals surface area contributed by atoms with Gasteiger partial charge >= 0.3 is 0 Å². The van der Waals surface area contributed by atoms with E-state index in [-0.39, 0.29) is 5.41 Å². The minimum Gasteiger partial charge on any atom is -0.401 e. The van der Waals surface area contributed by atoms with Crippen LogP contribution in [0.15, 0.2) is 12.1 Å². The molecule has 0 spiro atoms. The van der Waals surface area contributed by atoms with E-state index in [1.165, 1.54) is 22.4 Å². The second-order valence-electron chi connectivity index (χ2n) is 7.99. The van der Waals surface area contributed by atoms with Crippen LogP contribution in [0.2, 0.25) is 19.4 Å². The van der Waals surface area contributed by atoms with E-state index in [1.807, 2.05) is 0 Å². The van der Waals surface area contributed by atoms with E-state index in [9.17, 15) is 0 Å². The molecule has 21 heavy (non-hydrogen) atoms. The molecular weight excluding hydrogens is 254 g/mol. The molecule has 0 radical (unpaired) electrons. The SMILES string of the molecule is CB1C(C)B(C)N2c3c(C)cc(C)cc3C(C)(C)C2N1C. The standard InChI is InChI=1S/C17H28B2N2/c1-11-9-12(2)15-14(10-11)17(4,5)16-20(8)18(6)13(3)19(7)21(15)16/h9-10,13,16H,1-8H3. The second kappa shape index (κ2) is 4.55. The predicted molar refractivity (Wildman–Crippen MR) is 95.6 cm³/mol. The number of likely N-dealkylation sites (N-methyl/N-ethyl adjacent to an activating group) is 1. The zero-order valence-corrected chi connectivity index (χ0v) is 14.9. The molecule has 2 aliphatic heterocycles. The molecular formula is C17H28B2N2. The normalized spacial score (nSPS) is 27.9. The van der Waals surface area contributed by atoms with Gasteiger partial charge in [-0.3, -0.25) is 0 Å². The number of aryl methyl sites for hydroxylation is 2. The van der Waals surface area contributed by atoms with Crippen molar-refractivity contribution in [2.75, 3.05) is 11.9 Å². The van der Waals surface area contributed by atoms with Crippen molar-refractivity contribution in [3.05, 3.63) is 28.8 Å². The molecule has 0 N–H and O–H groups in total. The van der Waals surface area contributed by atoms with E-state index in [2.05, 4.69) is 77.1 Å². The Morgan fingerprint density at radius 1 is 1.10 bits per heavy atom. The van der Waals surface area contributed by atoms with Crippen molar-refractivity contribution in [3.8, 4) is 0 Å². The van der Waals surface area contributed by atoms with Crippen LogP contribution in [0.1, 0.15) is 37.5 Å². The third-order valence-electron chi connectivity index (χ3n) is 6.29. The first-order valence-electron chi connectivity index (χ1n) is 8.30. The molecule has 0 amide bonds. The summed E-state index contributed by atoms with van der Waals surface area (Å²) in [6.07, 6.45) is 0.467. The predicted octanol–water partition coefficient (Wildman–Crippen LogP) is 3.84. The first kappa shape index (κ1) is 15.0. The summed E-state index contributed by atoms with van der Waals surface area (Å²) in [5, 5.41) is 0. The van der Waals surface area contributed by atoms with Gasteiger partial charge in [0.1, 0.15) is 0 Å². The quantitative estimate of drug-likeness (QED) is 0.667. The highest BCUT2D eigenvalue weighted by molar-refractivity contribution is 6.81. The molecule has 2 atom stereocenters. The van der Waals surface area contributed by atoms with E-state index < -0.39 is 0 Å². The fraction of sp³-hybridized carbons (Fsp3) is 0.647. The van der Waals surface area contributed by atoms with Gasteiger partial charge in [0.05, 0.1) is 6.17 Å². The second-order valence-corrected chi connectivity index (χ2v) is 7.99. The van der Waals surface area contributed by atoms with Gasteiger partial charge in [-0.25, -0.2) is 0 Å². The fourth-order valence-electron chi connectivity index (χ4n) is 4.78. The Kier molecular flexibility index (Phi) is 3.26. The fourth-order valence-corrected chi connectivity index (χ4v) is 4.78. The van der Waals surface area contributed by atoms with Crippen LogP contribution in [0.25, 0.3) is 0 Å². The molecule has 1 fully saturated rings. The Bertz CT molecular complexity index is 584. The van der Waals surface area contributed by atoms with Crippen molar-refractivity contribution >= 4 is 19.4 Å². The zero-order valence-electron chi connectivity index (χ0n) is 14.9. The van der Waals surface area contributed by atoms with Gasteiger partial charge in [-0.2, -0.15) is 0 Å². The Hall–Kier alpha value is -0.890. The van der Waals surface area contributed by atoms with E-state index in [4.69, 9.17) is 0 Å². The number of rotatable bonds is 0. The Morgan fingerprint density at radius 3 is 2.33 bits per heavy atom. The molecule has 2 heterocycles. The first-order chi connectivity index (χ1) is 9.67. The lowest BCUT2D eigenvalue weighted by Crippen LogP contribution is -2.67. The van der Waals surface area contributed by atoms with Crippen molar-refractivity contribution in [2.24, 2.45) is 0 Å². The molecule has 0 aliphatic carbocycles. The number of anilines is 1. The molecule has 4 heteroatoms. The van der Waals surface area contributed by atoms with Crippen LogP contribution < -0.4 is 4.81 Å². The molecule has 1 saturated heterocycles. The van der Waals surface area contributed by atoms with Gasteiger partial charge in [0, 0.05) is 11.1 Å². The summed E-state index contributed by atoms with van der Waals surface area (Å²) < 4.78 is 0. The van der Waals surface area contributed by atoms with Crippen LogP contribution in [0.4, 0.5) is 5.69 Å². The van der Waals surface area contributed by atoms with Gasteiger partial charge in [0.2, 0.25) is 13.7 Å². The highest BCUT2D eigenvalue weighted by Crippen LogP contribution is 2.51. The topological polar surface area (TPSA) is 6.48 Å². The smallest absolute Gasteiger partial charge is 0.250 e. The summed E-state index contributed by atoms with van der Waals surface area (Å²) in [6, 6.07) is 4.75. The molecule has 1 aromatic carbocycles. The summed E-state index contributed by atoms with van der Waals surface area (Å²) >= 11 is 0. The zero-order chi connectivity index (χ0) is 15.7. The van der Waals surface area contributed by atoms with Crippen LogP contribution in [0.3, 0.4) is 0 Å². The van der Waals surface area contributed by atoms with Crippen molar-refractivity contribution in [3.63, 3.8) is 0 Å². The number of benzene rings is 1. The van der Waals surface area contributed by atoms with E-state index >= 15 is 0 Å². The lowest BCUT2D eigenvalue weighted by atomic mass is 9.30. The van der Waals surface area contributed by atoms with Gasteiger partial charge in [0.25, 0.3) is 0 Å². The third kappa shape index (κ3) is 1.84. The van der Waals surface area contributed by atoms with Gasteiger partial charge in [-0.15, -0.1) is 0 Å². The van der Waals surface area contributed by atoms with Crippen LogP contribution in [-0.4, -0.2) is 31.7 Å². The van der Waals surface area contributed by atoms with E-state index in [0.29, 0.717) is 25.6 Å². The van der Waals surface area contributed by atoms with Crippen molar-refractivity contribution in [1.82, 2.24) is 4.81 Å². The first-order valence-corrected chi connectivity index (χ1v) is 8.30. The largest absolute Gasteiger partial charge is 0.401 e. The Balaban J connectivity index is 2.24. The number of fused-ring (bicyclic) bond motifs is 3. The maximum Gasteiger partial charge on any atom is 0.250 e. The minimum absolute atomic E-state index is 0.170. The maximum atomic E-state index is 2.70. The number of hydrogen-bond donors (Lipinski definition) is 0. The summed E-state index contributed by atoms with van der Waals surface area (Å²) in [6.45, 7) is 17.7. The van der Waals surface area contributed by atoms with Crippen molar-refractivity contribution < 1.29 is 0 Å². The molecule has 2 aliphatic rings. The van der Waals surface area contributed by atoms with Crippen LogP contribution >= 0.6 is 0 Å². The summed E-state index contributed by atoms with van der Waals surface area (Å²) in [4.78, 5) is 5.30. The van der Waals surface area contributed by atoms with Gasteiger partial charge in [0.15, 0.2) is 0 Å². The van der Waals surface area contributed by atoms with Crippen LogP contribution in [0, 0.1) is 13.8 Å². The molecule has 0 bridgehead atoms. The van der Waals surface area contributed by atoms with Crippen LogP contribution in [-0.2, 0) is 5.41 Å². The monoisotopic (exact) mass is 282 g/mol. The number of hydrogen-bond acceptors (Lipinski definition) is 2. The highest BCUT2D eigenvalue weighted by atomic mass is 15.3. The average molecular weight is 282 g/mol. The highest BCUT2D eigenvalue weighted by Gasteiger charge is 2.55. The summed E-state index contributed by atoms with van der Waals surface area (Å²) in [5.41, 5.74) is 6.69. The molecule has 112 valence electrons. The Morgan fingerprint density at radius 2 is 1.71 bits per heavy atom. The minimum atomic E-state index is 0.170. The third-order valence-corrected chi connectivity index (χ3v) is 6.29. The van der Waals surface area contributed by atoms with Gasteiger partial charge in [-0.05, 0) is 32.0 Å². The summed E-state index contributed by atoms with van der Waals surface area (Å²) in [5.74, 6) is 0. The number of nitrogens with zero attached hydrogens (tertiary/aromatic N) is 2. The maximum absolute atomic E-state index is 2.70. The van der Waals surface area contributed by atoms with Crippen LogP contribution in [0.5, 0.6) is 0 Å². The molecule has 0 saturated carbocycles. The molecule has 2 nitrogen and oxygen atoms in total. The van der Waals surface area contributed by atoms with Gasteiger partial charge < -0.3 is 9.62 Å². The van der Waals surface area contributed by atoms with Crippen molar-refractivity contribution in [2.45, 2.75) is 65.6 Å². The van der Waals surface area contributed by atoms with E-state index in [1.54, 1.807) is 0 Å². The lowest BCUT2D eigenvalue weighted by Gasteiger charge is -2.52. The Labute approximate surface area is 131 Å². The molecule has 2 unspecified atom stereocenters. The lowest BCUT2D eigenvalue weighted by molar-refractivity contribution is 0.274. The summed E-state index contributed by atoms with van der Waals surface area (Å²) in [7, 11) is 2.31. The molecule has 0 aromatic heterocycles. The molecule has 1 aromatic rings. The van der Waals surface area contributed by atoms with E-state index in [0.717, 1.165) is 0 Å². The average Bonchev–Trinajstić information content (AvgIpc) is 2.63. The van der Waals surface area contributed by atoms with Crippen molar-refractivity contribution in [1.29, 1.82) is 0 Å².